The highest BCUT2D eigenvalue weighted by Gasteiger charge is 2.29. The van der Waals surface area contributed by atoms with Crippen molar-refractivity contribution in [2.75, 3.05) is 31.1 Å². The summed E-state index contributed by atoms with van der Waals surface area (Å²) in [5.74, 6) is -0.161. The van der Waals surface area contributed by atoms with E-state index < -0.39 is 0 Å². The van der Waals surface area contributed by atoms with Crippen LogP contribution in [0.5, 0.6) is 0 Å². The zero-order valence-electron chi connectivity index (χ0n) is 10.4. The van der Waals surface area contributed by atoms with Gasteiger partial charge in [0.1, 0.15) is 5.82 Å². The molecule has 18 heavy (non-hydrogen) atoms. The molecule has 2 fully saturated rings. The van der Waals surface area contributed by atoms with Crippen LogP contribution in [0.2, 0.25) is 5.02 Å². The summed E-state index contributed by atoms with van der Waals surface area (Å²) in [4.78, 5) is 4.71. The first-order valence-corrected chi connectivity index (χ1v) is 7.06. The normalized spacial score (nSPS) is 25.0. The number of hydrogen-bond donors (Lipinski definition) is 0. The van der Waals surface area contributed by atoms with Gasteiger partial charge in [-0.3, -0.25) is 4.90 Å². The Labute approximate surface area is 112 Å². The fraction of sp³-hybridized carbons (Fsp3) is 0.571. The van der Waals surface area contributed by atoms with Gasteiger partial charge < -0.3 is 4.90 Å². The fourth-order valence-corrected chi connectivity index (χ4v) is 3.32. The second kappa shape index (κ2) is 5.06. The van der Waals surface area contributed by atoms with E-state index >= 15 is 0 Å². The molecule has 0 bridgehead atoms. The third-order valence-electron chi connectivity index (χ3n) is 4.05. The van der Waals surface area contributed by atoms with Gasteiger partial charge in [-0.25, -0.2) is 4.39 Å². The summed E-state index contributed by atoms with van der Waals surface area (Å²) in [6.45, 7) is 4.20. The molecule has 0 saturated carbocycles. The van der Waals surface area contributed by atoms with E-state index in [0.717, 1.165) is 26.1 Å². The van der Waals surface area contributed by atoms with Crippen molar-refractivity contribution in [2.24, 2.45) is 0 Å². The quantitative estimate of drug-likeness (QED) is 0.772. The molecule has 2 aliphatic heterocycles. The molecule has 0 spiro atoms. The maximum absolute atomic E-state index is 13.9. The van der Waals surface area contributed by atoms with Gasteiger partial charge in [0.2, 0.25) is 0 Å². The van der Waals surface area contributed by atoms with Crippen molar-refractivity contribution in [1.29, 1.82) is 0 Å². The van der Waals surface area contributed by atoms with Crippen LogP contribution in [0.15, 0.2) is 18.2 Å². The lowest BCUT2D eigenvalue weighted by Gasteiger charge is -2.27. The first kappa shape index (κ1) is 12.2. The largest absolute Gasteiger partial charge is 0.368 e. The summed E-state index contributed by atoms with van der Waals surface area (Å²) < 4.78 is 13.9. The number of rotatable bonds is 1. The molecule has 1 aromatic carbocycles. The van der Waals surface area contributed by atoms with Crippen LogP contribution >= 0.6 is 11.6 Å². The molecule has 2 nitrogen and oxygen atoms in total. The Morgan fingerprint density at radius 2 is 2.00 bits per heavy atom. The molecule has 4 heteroatoms. The van der Waals surface area contributed by atoms with Crippen LogP contribution in [-0.2, 0) is 0 Å². The maximum Gasteiger partial charge on any atom is 0.146 e. The van der Waals surface area contributed by atoms with Gasteiger partial charge in [-0.1, -0.05) is 11.6 Å². The lowest BCUT2D eigenvalue weighted by atomic mass is 10.2. The molecular weight excluding hydrogens is 251 g/mol. The summed E-state index contributed by atoms with van der Waals surface area (Å²) in [5, 5.41) is 0.610. The highest BCUT2D eigenvalue weighted by Crippen LogP contribution is 2.28. The number of hydrogen-bond acceptors (Lipinski definition) is 2. The van der Waals surface area contributed by atoms with E-state index in [9.17, 15) is 4.39 Å². The predicted molar refractivity (Wildman–Crippen MR) is 72.8 cm³/mol. The average molecular weight is 269 g/mol. The lowest BCUT2D eigenvalue weighted by Crippen LogP contribution is -2.36. The zero-order chi connectivity index (χ0) is 12.5. The third kappa shape index (κ3) is 2.34. The van der Waals surface area contributed by atoms with Crippen LogP contribution in [0.3, 0.4) is 0 Å². The molecule has 0 aromatic heterocycles. The highest BCUT2D eigenvalue weighted by molar-refractivity contribution is 6.30. The molecule has 3 rings (SSSR count). The van der Waals surface area contributed by atoms with E-state index in [2.05, 4.69) is 9.80 Å². The van der Waals surface area contributed by atoms with E-state index in [1.54, 1.807) is 12.1 Å². The Morgan fingerprint density at radius 1 is 1.17 bits per heavy atom. The van der Waals surface area contributed by atoms with Crippen molar-refractivity contribution < 1.29 is 4.39 Å². The van der Waals surface area contributed by atoms with E-state index in [-0.39, 0.29) is 5.82 Å². The number of anilines is 1. The van der Waals surface area contributed by atoms with Gasteiger partial charge in [0, 0.05) is 30.7 Å². The van der Waals surface area contributed by atoms with Gasteiger partial charge in [0.15, 0.2) is 0 Å². The van der Waals surface area contributed by atoms with Crippen LogP contribution in [0.1, 0.15) is 19.3 Å². The number of nitrogens with zero attached hydrogens (tertiary/aromatic N) is 2. The standard InChI is InChI=1S/C14H18ClFN2/c15-11-4-5-13(16)14(9-11)18-8-2-7-17-6-1-3-12(17)10-18/h4-5,9,12H,1-3,6-8,10H2. The van der Waals surface area contributed by atoms with Crippen LogP contribution in [-0.4, -0.2) is 37.1 Å². The van der Waals surface area contributed by atoms with Gasteiger partial charge in [-0.15, -0.1) is 0 Å². The Hall–Kier alpha value is -0.800. The van der Waals surface area contributed by atoms with Crippen molar-refractivity contribution in [3.63, 3.8) is 0 Å². The van der Waals surface area contributed by atoms with Gasteiger partial charge in [0.05, 0.1) is 5.69 Å². The van der Waals surface area contributed by atoms with Gasteiger partial charge in [0.25, 0.3) is 0 Å². The summed E-state index contributed by atoms with van der Waals surface area (Å²) in [5.41, 5.74) is 0.663. The molecule has 2 heterocycles. The zero-order valence-corrected chi connectivity index (χ0v) is 11.2. The predicted octanol–water partition coefficient (Wildman–Crippen LogP) is 3.15. The van der Waals surface area contributed by atoms with E-state index in [0.29, 0.717) is 16.8 Å². The Balaban J connectivity index is 1.84. The van der Waals surface area contributed by atoms with Gasteiger partial charge in [-0.2, -0.15) is 0 Å². The molecule has 98 valence electrons. The molecule has 1 unspecified atom stereocenters. The molecule has 0 radical (unpaired) electrons. The van der Waals surface area contributed by atoms with E-state index in [1.165, 1.54) is 25.5 Å². The molecule has 0 aliphatic carbocycles. The topological polar surface area (TPSA) is 6.48 Å². The minimum Gasteiger partial charge on any atom is -0.368 e. The first-order valence-electron chi connectivity index (χ1n) is 6.68. The smallest absolute Gasteiger partial charge is 0.146 e. The first-order chi connectivity index (χ1) is 8.74. The summed E-state index contributed by atoms with van der Waals surface area (Å²) in [6.07, 6.45) is 3.61. The van der Waals surface area contributed by atoms with Crippen molar-refractivity contribution in [2.45, 2.75) is 25.3 Å². The number of benzene rings is 1. The molecule has 2 aliphatic rings. The van der Waals surface area contributed by atoms with Crippen LogP contribution < -0.4 is 4.90 Å². The van der Waals surface area contributed by atoms with E-state index in [4.69, 9.17) is 11.6 Å². The minimum atomic E-state index is -0.161. The monoisotopic (exact) mass is 268 g/mol. The van der Waals surface area contributed by atoms with Crippen molar-refractivity contribution >= 4 is 17.3 Å². The van der Waals surface area contributed by atoms with Crippen molar-refractivity contribution in [1.82, 2.24) is 4.90 Å². The second-order valence-electron chi connectivity index (χ2n) is 5.23. The average Bonchev–Trinajstić information content (AvgIpc) is 2.70. The van der Waals surface area contributed by atoms with Gasteiger partial charge in [-0.05, 0) is 44.0 Å². The minimum absolute atomic E-state index is 0.161. The van der Waals surface area contributed by atoms with Crippen LogP contribution in [0.25, 0.3) is 0 Å². The van der Waals surface area contributed by atoms with Crippen LogP contribution in [0.4, 0.5) is 10.1 Å². The van der Waals surface area contributed by atoms with Crippen molar-refractivity contribution in [3.8, 4) is 0 Å². The summed E-state index contributed by atoms with van der Waals surface area (Å²) >= 11 is 5.98. The second-order valence-corrected chi connectivity index (χ2v) is 5.66. The Kier molecular flexibility index (Phi) is 3.44. The highest BCUT2D eigenvalue weighted by atomic mass is 35.5. The molecule has 1 atom stereocenters. The van der Waals surface area contributed by atoms with Crippen molar-refractivity contribution in [3.05, 3.63) is 29.0 Å². The fourth-order valence-electron chi connectivity index (χ4n) is 3.15. The maximum atomic E-state index is 13.9. The number of halogens is 2. The summed E-state index contributed by atoms with van der Waals surface area (Å²) in [6, 6.07) is 5.42. The third-order valence-corrected chi connectivity index (χ3v) is 4.29. The Morgan fingerprint density at radius 3 is 2.89 bits per heavy atom. The molecular formula is C14H18ClFN2. The Bertz CT molecular complexity index is 438. The molecule has 1 aromatic rings. The molecule has 2 saturated heterocycles. The summed E-state index contributed by atoms with van der Waals surface area (Å²) in [7, 11) is 0. The molecule has 0 amide bonds. The van der Waals surface area contributed by atoms with Gasteiger partial charge >= 0.3 is 0 Å². The van der Waals surface area contributed by atoms with Crippen LogP contribution in [0, 0.1) is 5.82 Å². The lowest BCUT2D eigenvalue weighted by molar-refractivity contribution is 0.273. The number of fused-ring (bicyclic) bond motifs is 1. The van der Waals surface area contributed by atoms with E-state index in [1.807, 2.05) is 0 Å². The SMILES string of the molecule is Fc1ccc(Cl)cc1N1CCCN2CCCC2C1. The molecule has 0 N–H and O–H groups in total.